The molecule has 1 aromatic rings. The van der Waals surface area contributed by atoms with E-state index >= 15 is 0 Å². The maximum Gasteiger partial charge on any atom is 0.241 e. The van der Waals surface area contributed by atoms with Gasteiger partial charge in [-0.15, -0.1) is 0 Å². The normalized spacial score (nSPS) is 17.9. The molecule has 1 unspecified atom stereocenters. The lowest BCUT2D eigenvalue weighted by atomic mass is 10.0. The number of piperidine rings is 1. The summed E-state index contributed by atoms with van der Waals surface area (Å²) in [6.07, 6.45) is 3.03. The average molecular weight is 291 g/mol. The lowest BCUT2D eigenvalue weighted by molar-refractivity contribution is -0.118. The summed E-state index contributed by atoms with van der Waals surface area (Å²) < 4.78 is 5.23. The molecule has 1 fully saturated rings. The zero-order chi connectivity index (χ0) is 15.2. The molecular weight excluding hydrogens is 270 g/mol. The molecule has 1 aliphatic heterocycles. The number of carbonyl (C=O) groups is 2. The first-order valence-electron chi connectivity index (χ1n) is 7.10. The van der Waals surface area contributed by atoms with Gasteiger partial charge in [0.05, 0.1) is 18.8 Å². The first-order valence-corrected chi connectivity index (χ1v) is 7.10. The van der Waals surface area contributed by atoms with Gasteiger partial charge in [-0.25, -0.2) is 0 Å². The molecule has 0 spiro atoms. The Bertz CT molecular complexity index is 525. The van der Waals surface area contributed by atoms with Crippen LogP contribution in [0.1, 0.15) is 26.2 Å². The standard InChI is InChI=1S/C15H21N3O3/c1-10(19)17-12-7-6-11(9-14(12)21-2)18-15(20)13-5-3-4-8-16-13/h6-7,9,13,16H,3-5,8H2,1-2H3,(H,17,19)(H,18,20). The molecule has 3 N–H and O–H groups in total. The third-order valence-corrected chi connectivity index (χ3v) is 3.41. The smallest absolute Gasteiger partial charge is 0.241 e. The van der Waals surface area contributed by atoms with E-state index in [0.29, 0.717) is 17.1 Å². The number of hydrogen-bond acceptors (Lipinski definition) is 4. The number of methoxy groups -OCH3 is 1. The van der Waals surface area contributed by atoms with Gasteiger partial charge in [0, 0.05) is 18.7 Å². The fourth-order valence-electron chi connectivity index (χ4n) is 2.37. The summed E-state index contributed by atoms with van der Waals surface area (Å²) in [4.78, 5) is 23.3. The third-order valence-electron chi connectivity index (χ3n) is 3.41. The summed E-state index contributed by atoms with van der Waals surface area (Å²) in [5, 5.41) is 8.76. The Morgan fingerprint density at radius 1 is 1.29 bits per heavy atom. The predicted octanol–water partition coefficient (Wildman–Crippen LogP) is 1.73. The van der Waals surface area contributed by atoms with E-state index in [4.69, 9.17) is 4.74 Å². The summed E-state index contributed by atoms with van der Waals surface area (Å²) in [6.45, 7) is 2.31. The molecule has 0 saturated carbocycles. The minimum Gasteiger partial charge on any atom is -0.494 e. The van der Waals surface area contributed by atoms with Gasteiger partial charge in [0.2, 0.25) is 11.8 Å². The molecule has 0 aromatic heterocycles. The molecule has 1 aliphatic rings. The van der Waals surface area contributed by atoms with Crippen LogP contribution in [0.2, 0.25) is 0 Å². The number of rotatable bonds is 4. The Morgan fingerprint density at radius 3 is 2.71 bits per heavy atom. The maximum atomic E-state index is 12.1. The fourth-order valence-corrected chi connectivity index (χ4v) is 2.37. The highest BCUT2D eigenvalue weighted by Crippen LogP contribution is 2.28. The first kappa shape index (κ1) is 15.3. The summed E-state index contributed by atoms with van der Waals surface area (Å²) in [5.41, 5.74) is 1.23. The van der Waals surface area contributed by atoms with E-state index in [-0.39, 0.29) is 17.9 Å². The molecule has 1 aromatic carbocycles. The Labute approximate surface area is 124 Å². The molecule has 1 atom stereocenters. The van der Waals surface area contributed by atoms with Gasteiger partial charge in [0.25, 0.3) is 0 Å². The van der Waals surface area contributed by atoms with Gasteiger partial charge in [-0.3, -0.25) is 9.59 Å². The number of benzene rings is 1. The van der Waals surface area contributed by atoms with Gasteiger partial charge in [0.1, 0.15) is 5.75 Å². The zero-order valence-corrected chi connectivity index (χ0v) is 12.4. The van der Waals surface area contributed by atoms with Crippen LogP contribution in [-0.4, -0.2) is 31.5 Å². The topological polar surface area (TPSA) is 79.5 Å². The van der Waals surface area contributed by atoms with Crippen molar-refractivity contribution in [1.82, 2.24) is 5.32 Å². The summed E-state index contributed by atoms with van der Waals surface area (Å²) >= 11 is 0. The molecule has 21 heavy (non-hydrogen) atoms. The van der Waals surface area contributed by atoms with Crippen LogP contribution < -0.4 is 20.7 Å². The van der Waals surface area contributed by atoms with Gasteiger partial charge < -0.3 is 20.7 Å². The van der Waals surface area contributed by atoms with Crippen molar-refractivity contribution in [2.24, 2.45) is 0 Å². The van der Waals surface area contributed by atoms with Crippen LogP contribution in [0.4, 0.5) is 11.4 Å². The molecule has 0 radical (unpaired) electrons. The number of nitrogens with one attached hydrogen (secondary N) is 3. The van der Waals surface area contributed by atoms with Gasteiger partial charge in [-0.2, -0.15) is 0 Å². The highest BCUT2D eigenvalue weighted by Gasteiger charge is 2.20. The molecule has 6 nitrogen and oxygen atoms in total. The van der Waals surface area contributed by atoms with Crippen molar-refractivity contribution < 1.29 is 14.3 Å². The molecule has 1 saturated heterocycles. The van der Waals surface area contributed by atoms with E-state index in [1.54, 1.807) is 18.2 Å². The van der Waals surface area contributed by atoms with Crippen LogP contribution in [0.25, 0.3) is 0 Å². The highest BCUT2D eigenvalue weighted by molar-refractivity contribution is 5.96. The molecule has 1 heterocycles. The predicted molar refractivity (Wildman–Crippen MR) is 81.6 cm³/mol. The van der Waals surface area contributed by atoms with E-state index < -0.39 is 0 Å². The molecule has 2 rings (SSSR count). The van der Waals surface area contributed by atoms with E-state index in [0.717, 1.165) is 25.8 Å². The van der Waals surface area contributed by atoms with Gasteiger partial charge in [-0.05, 0) is 31.5 Å². The Balaban J connectivity index is 2.06. The second-order valence-electron chi connectivity index (χ2n) is 5.09. The number of hydrogen-bond donors (Lipinski definition) is 3. The van der Waals surface area contributed by atoms with Crippen LogP contribution in [0.3, 0.4) is 0 Å². The second kappa shape index (κ2) is 7.08. The van der Waals surface area contributed by atoms with Crippen molar-refractivity contribution in [2.75, 3.05) is 24.3 Å². The molecule has 0 bridgehead atoms. The lowest BCUT2D eigenvalue weighted by Gasteiger charge is -2.22. The highest BCUT2D eigenvalue weighted by atomic mass is 16.5. The van der Waals surface area contributed by atoms with Crippen LogP contribution in [0.15, 0.2) is 18.2 Å². The second-order valence-corrected chi connectivity index (χ2v) is 5.09. The van der Waals surface area contributed by atoms with Crippen LogP contribution in [0, 0.1) is 0 Å². The van der Waals surface area contributed by atoms with E-state index in [1.165, 1.54) is 14.0 Å². The van der Waals surface area contributed by atoms with Crippen molar-refractivity contribution >= 4 is 23.2 Å². The van der Waals surface area contributed by atoms with Crippen molar-refractivity contribution in [3.63, 3.8) is 0 Å². The van der Waals surface area contributed by atoms with Crippen molar-refractivity contribution in [3.8, 4) is 5.75 Å². The van der Waals surface area contributed by atoms with Gasteiger partial charge >= 0.3 is 0 Å². The molecule has 6 heteroatoms. The molecule has 114 valence electrons. The van der Waals surface area contributed by atoms with Gasteiger partial charge in [0.15, 0.2) is 0 Å². The number of carbonyl (C=O) groups excluding carboxylic acids is 2. The fraction of sp³-hybridized carbons (Fsp3) is 0.467. The molecule has 2 amide bonds. The Kier molecular flexibility index (Phi) is 5.16. The monoisotopic (exact) mass is 291 g/mol. The number of ether oxygens (including phenoxy) is 1. The van der Waals surface area contributed by atoms with Gasteiger partial charge in [-0.1, -0.05) is 6.42 Å². The Morgan fingerprint density at radius 2 is 2.10 bits per heavy atom. The maximum absolute atomic E-state index is 12.1. The Hall–Kier alpha value is -2.08. The first-order chi connectivity index (χ1) is 10.1. The largest absolute Gasteiger partial charge is 0.494 e. The lowest BCUT2D eigenvalue weighted by Crippen LogP contribution is -2.43. The van der Waals surface area contributed by atoms with Crippen LogP contribution >= 0.6 is 0 Å². The minimum absolute atomic E-state index is 0.0379. The SMILES string of the molecule is COc1cc(NC(=O)C2CCCCN2)ccc1NC(C)=O. The summed E-state index contributed by atoms with van der Waals surface area (Å²) in [7, 11) is 1.52. The number of amides is 2. The number of anilines is 2. The quantitative estimate of drug-likeness (QED) is 0.789. The van der Waals surface area contributed by atoms with E-state index in [9.17, 15) is 9.59 Å². The average Bonchev–Trinajstić information content (AvgIpc) is 2.49. The van der Waals surface area contributed by atoms with E-state index in [1.807, 2.05) is 0 Å². The molecule has 0 aliphatic carbocycles. The van der Waals surface area contributed by atoms with Crippen LogP contribution in [0.5, 0.6) is 5.75 Å². The zero-order valence-electron chi connectivity index (χ0n) is 12.4. The summed E-state index contributed by atoms with van der Waals surface area (Å²) in [6, 6.07) is 5.02. The van der Waals surface area contributed by atoms with E-state index in [2.05, 4.69) is 16.0 Å². The summed E-state index contributed by atoms with van der Waals surface area (Å²) in [5.74, 6) is 0.306. The van der Waals surface area contributed by atoms with Crippen molar-refractivity contribution in [1.29, 1.82) is 0 Å². The van der Waals surface area contributed by atoms with Crippen molar-refractivity contribution in [3.05, 3.63) is 18.2 Å². The minimum atomic E-state index is -0.170. The molecular formula is C15H21N3O3. The third kappa shape index (κ3) is 4.19. The van der Waals surface area contributed by atoms with Crippen molar-refractivity contribution in [2.45, 2.75) is 32.2 Å². The van der Waals surface area contributed by atoms with Crippen LogP contribution in [-0.2, 0) is 9.59 Å².